The Labute approximate surface area is 252 Å². The zero-order valence-corrected chi connectivity index (χ0v) is 25.1. The van der Waals surface area contributed by atoms with Gasteiger partial charge in [-0.25, -0.2) is 0 Å². The second kappa shape index (κ2) is 12.2. The minimum Gasteiger partial charge on any atom is -0.359 e. The fourth-order valence-corrected chi connectivity index (χ4v) is 7.67. The van der Waals surface area contributed by atoms with Crippen molar-refractivity contribution in [3.05, 3.63) is 72.3 Å². The number of ether oxygens (including phenoxy) is 1. The molecule has 3 amide bonds. The number of nitrogens with zero attached hydrogens (tertiary/aromatic N) is 2. The van der Waals surface area contributed by atoms with E-state index in [0.717, 1.165) is 37.1 Å². The predicted octanol–water partition coefficient (Wildman–Crippen LogP) is 4.08. The largest absolute Gasteiger partial charge is 0.359 e. The van der Waals surface area contributed by atoms with Crippen LogP contribution in [0.4, 0.5) is 5.69 Å². The minimum atomic E-state index is -1.15. The molecule has 42 heavy (non-hydrogen) atoms. The number of thioether (sulfide) groups is 1. The molecule has 9 heteroatoms. The van der Waals surface area contributed by atoms with Crippen molar-refractivity contribution >= 4 is 35.2 Å². The second-order valence-electron chi connectivity index (χ2n) is 12.0. The van der Waals surface area contributed by atoms with Gasteiger partial charge in [-0.15, -0.1) is 11.8 Å². The lowest BCUT2D eigenvalue weighted by Gasteiger charge is -2.34. The number of amides is 3. The third-order valence-corrected chi connectivity index (χ3v) is 9.96. The van der Waals surface area contributed by atoms with Gasteiger partial charge in [-0.3, -0.25) is 14.4 Å². The summed E-state index contributed by atoms with van der Waals surface area (Å²) < 4.78 is 6.51. The summed E-state index contributed by atoms with van der Waals surface area (Å²) in [5, 5.41) is 6.29. The first-order valence-electron chi connectivity index (χ1n) is 15.0. The van der Waals surface area contributed by atoms with Crippen molar-refractivity contribution in [1.82, 2.24) is 15.1 Å². The summed E-state index contributed by atoms with van der Waals surface area (Å²) in [6.07, 6.45) is 10.5. The van der Waals surface area contributed by atoms with Gasteiger partial charge < -0.3 is 25.2 Å². The quantitative estimate of drug-likeness (QED) is 0.321. The van der Waals surface area contributed by atoms with E-state index in [0.29, 0.717) is 18.8 Å². The van der Waals surface area contributed by atoms with Crippen molar-refractivity contribution < 1.29 is 19.1 Å². The molecule has 1 saturated carbocycles. The van der Waals surface area contributed by atoms with Crippen LogP contribution < -0.4 is 10.6 Å². The van der Waals surface area contributed by atoms with E-state index in [9.17, 15) is 14.4 Å². The molecule has 3 aliphatic heterocycles. The molecule has 5 atom stereocenters. The van der Waals surface area contributed by atoms with Gasteiger partial charge in [0.15, 0.2) is 0 Å². The van der Waals surface area contributed by atoms with E-state index in [1.807, 2.05) is 67.9 Å². The van der Waals surface area contributed by atoms with Crippen LogP contribution in [0, 0.1) is 11.8 Å². The molecule has 0 unspecified atom stereocenters. The smallest absolute Gasteiger partial charge is 0.246 e. The van der Waals surface area contributed by atoms with Gasteiger partial charge in [0.2, 0.25) is 17.7 Å². The van der Waals surface area contributed by atoms with Crippen molar-refractivity contribution in [2.75, 3.05) is 31.7 Å². The highest BCUT2D eigenvalue weighted by molar-refractivity contribution is 7.98. The van der Waals surface area contributed by atoms with E-state index in [1.54, 1.807) is 16.7 Å². The van der Waals surface area contributed by atoms with E-state index in [1.165, 1.54) is 12.0 Å². The number of fused-ring (bicyclic) bond motifs is 1. The van der Waals surface area contributed by atoms with Crippen LogP contribution in [0.3, 0.4) is 0 Å². The standard InChI is InChI=1S/C33H40N4O4S/c1-36(21-22-10-5-3-6-11-22)18-19-37-29(31(39)34-23-12-7-4-8-13-23)33-17-16-26(41-33)27(28(33)32(37)40)30(38)35-24-14-9-15-25(20-24)42-2/h3,5-6,9-11,14-17,20,23,26-29H,4,7-8,12-13,18-19,21H2,1-2H3,(H,34,39)(H,35,38)/t26-,27+,28-,29+,33-/m1/s1. The van der Waals surface area contributed by atoms with Crippen molar-refractivity contribution in [2.45, 2.75) is 67.3 Å². The van der Waals surface area contributed by atoms with E-state index < -0.39 is 29.6 Å². The van der Waals surface area contributed by atoms with Gasteiger partial charge in [-0.05, 0) is 49.9 Å². The van der Waals surface area contributed by atoms with Crippen LogP contribution in [-0.4, -0.2) is 77.7 Å². The number of anilines is 1. The zero-order valence-electron chi connectivity index (χ0n) is 24.3. The van der Waals surface area contributed by atoms with Gasteiger partial charge in [0.25, 0.3) is 0 Å². The highest BCUT2D eigenvalue weighted by Gasteiger charge is 2.72. The number of likely N-dealkylation sites (N-methyl/N-ethyl adjacent to an activating group) is 1. The lowest BCUT2D eigenvalue weighted by molar-refractivity contribution is -0.141. The number of nitrogens with one attached hydrogen (secondary N) is 2. The van der Waals surface area contributed by atoms with Gasteiger partial charge >= 0.3 is 0 Å². The van der Waals surface area contributed by atoms with Crippen LogP contribution in [-0.2, 0) is 25.7 Å². The Kier molecular flexibility index (Phi) is 8.43. The number of benzene rings is 2. The topological polar surface area (TPSA) is 91.0 Å². The first kappa shape index (κ1) is 29.0. The molecule has 2 bridgehead atoms. The summed E-state index contributed by atoms with van der Waals surface area (Å²) in [6, 6.07) is 17.1. The average molecular weight is 589 g/mol. The molecular weight excluding hydrogens is 548 g/mol. The second-order valence-corrected chi connectivity index (χ2v) is 12.9. The summed E-state index contributed by atoms with van der Waals surface area (Å²) in [4.78, 5) is 46.9. The van der Waals surface area contributed by atoms with Crippen molar-refractivity contribution in [3.8, 4) is 0 Å². The first-order valence-corrected chi connectivity index (χ1v) is 16.3. The highest BCUT2D eigenvalue weighted by Crippen LogP contribution is 2.55. The molecule has 3 fully saturated rings. The zero-order chi connectivity index (χ0) is 29.3. The van der Waals surface area contributed by atoms with Crippen LogP contribution in [0.5, 0.6) is 0 Å². The van der Waals surface area contributed by atoms with Crippen molar-refractivity contribution in [3.63, 3.8) is 0 Å². The van der Waals surface area contributed by atoms with Gasteiger partial charge in [0, 0.05) is 36.3 Å². The van der Waals surface area contributed by atoms with Crippen LogP contribution in [0.1, 0.15) is 37.7 Å². The van der Waals surface area contributed by atoms with Gasteiger partial charge in [0.1, 0.15) is 11.6 Å². The summed E-state index contributed by atoms with van der Waals surface area (Å²) in [5.74, 6) is -2.08. The molecule has 2 N–H and O–H groups in total. The molecule has 1 spiro atoms. The molecule has 3 heterocycles. The molecular formula is C33H40N4O4S. The third-order valence-electron chi connectivity index (χ3n) is 9.23. The third kappa shape index (κ3) is 5.50. The number of carbonyl (C=O) groups excluding carboxylic acids is 3. The van der Waals surface area contributed by atoms with Gasteiger partial charge in [-0.1, -0.05) is 67.8 Å². The maximum absolute atomic E-state index is 14.2. The summed E-state index contributed by atoms with van der Waals surface area (Å²) in [5.41, 5.74) is 0.716. The molecule has 2 aromatic carbocycles. The SMILES string of the molecule is CSc1cccc(NC(=O)[C@H]2[C@H]3C=C[C@]4(O3)[C@H](C(=O)NC3CCCCC3)N(CCN(C)Cc3ccccc3)C(=O)[C@@H]24)c1. The number of hydrogen-bond acceptors (Lipinski definition) is 6. The minimum absolute atomic E-state index is 0.102. The molecule has 1 aliphatic carbocycles. The van der Waals surface area contributed by atoms with Crippen LogP contribution >= 0.6 is 11.8 Å². The molecule has 0 aromatic heterocycles. The van der Waals surface area contributed by atoms with E-state index in [4.69, 9.17) is 4.74 Å². The highest BCUT2D eigenvalue weighted by atomic mass is 32.2. The van der Waals surface area contributed by atoms with Crippen LogP contribution in [0.2, 0.25) is 0 Å². The Hall–Kier alpha value is -3.14. The average Bonchev–Trinajstić information content (AvgIpc) is 3.64. The molecule has 6 rings (SSSR count). The van der Waals surface area contributed by atoms with E-state index in [-0.39, 0.29) is 23.8 Å². The lowest BCUT2D eigenvalue weighted by Crippen LogP contribution is -2.57. The monoisotopic (exact) mass is 588 g/mol. The fourth-order valence-electron chi connectivity index (χ4n) is 7.21. The molecule has 222 valence electrons. The fraction of sp³-hybridized carbons (Fsp3) is 0.485. The summed E-state index contributed by atoms with van der Waals surface area (Å²) in [6.45, 7) is 1.69. The molecule has 2 aromatic rings. The summed E-state index contributed by atoms with van der Waals surface area (Å²) >= 11 is 1.60. The number of hydrogen-bond donors (Lipinski definition) is 2. The lowest BCUT2D eigenvalue weighted by atomic mass is 9.74. The number of carbonyl (C=O) groups is 3. The van der Waals surface area contributed by atoms with Crippen LogP contribution in [0.15, 0.2) is 71.6 Å². The van der Waals surface area contributed by atoms with Crippen LogP contribution in [0.25, 0.3) is 0 Å². The molecule has 0 radical (unpaired) electrons. The first-order chi connectivity index (χ1) is 20.4. The van der Waals surface area contributed by atoms with Crippen molar-refractivity contribution in [2.24, 2.45) is 11.8 Å². The van der Waals surface area contributed by atoms with Gasteiger partial charge in [0.05, 0.1) is 17.9 Å². The molecule has 4 aliphatic rings. The Balaban J connectivity index is 1.24. The Morgan fingerprint density at radius 2 is 1.86 bits per heavy atom. The normalized spacial score (nSPS) is 28.4. The van der Waals surface area contributed by atoms with Crippen molar-refractivity contribution in [1.29, 1.82) is 0 Å². The maximum atomic E-state index is 14.2. The number of rotatable bonds is 10. The van der Waals surface area contributed by atoms with Gasteiger partial charge in [-0.2, -0.15) is 0 Å². The Bertz CT molecular complexity index is 1350. The summed E-state index contributed by atoms with van der Waals surface area (Å²) in [7, 11) is 2.02. The number of likely N-dealkylation sites (tertiary alicyclic amines) is 1. The maximum Gasteiger partial charge on any atom is 0.246 e. The van der Waals surface area contributed by atoms with E-state index >= 15 is 0 Å². The molecule has 8 nitrogen and oxygen atoms in total. The predicted molar refractivity (Wildman–Crippen MR) is 164 cm³/mol. The molecule has 2 saturated heterocycles. The van der Waals surface area contributed by atoms with E-state index in [2.05, 4.69) is 27.7 Å². The Morgan fingerprint density at radius 1 is 1.07 bits per heavy atom. The Morgan fingerprint density at radius 3 is 2.62 bits per heavy atom.